The Morgan fingerprint density at radius 2 is 1.93 bits per heavy atom. The van der Waals surface area contributed by atoms with Crippen molar-refractivity contribution in [2.45, 2.75) is 10.6 Å². The van der Waals surface area contributed by atoms with Gasteiger partial charge in [-0.25, -0.2) is 4.98 Å². The second kappa shape index (κ2) is 4.79. The van der Waals surface area contributed by atoms with Crippen LogP contribution in [0.5, 0.6) is 0 Å². The summed E-state index contributed by atoms with van der Waals surface area (Å²) in [5, 5.41) is 0. The molecule has 0 spiro atoms. The Balaban J connectivity index is 1.96. The van der Waals surface area contributed by atoms with Crippen molar-refractivity contribution in [3.05, 3.63) is 48.4 Å². The number of nitrogens with two attached hydrogens (primary N) is 1. The lowest BCUT2D eigenvalue weighted by atomic mass is 10.3. The third-order valence-corrected chi connectivity index (χ3v) is 2.99. The summed E-state index contributed by atoms with van der Waals surface area (Å²) in [4.78, 5) is 9.22. The second-order valence-electron chi connectivity index (χ2n) is 3.06. The first-order valence-electron chi connectivity index (χ1n) is 4.58. The van der Waals surface area contributed by atoms with E-state index in [1.165, 1.54) is 10.5 Å². The lowest BCUT2D eigenvalue weighted by molar-refractivity contribution is 1.24. The van der Waals surface area contributed by atoms with Gasteiger partial charge in [0.15, 0.2) is 0 Å². The number of rotatable bonds is 3. The van der Waals surface area contributed by atoms with Gasteiger partial charge in [-0.3, -0.25) is 4.98 Å². The standard InChI is InChI=1S/C11H11N3S/c12-11-2-1-9(7-14-11)8-15-10-3-5-13-6-4-10/h1-7H,8H2,(H2,12,14). The van der Waals surface area contributed by atoms with Crippen LogP contribution >= 0.6 is 11.8 Å². The molecular weight excluding hydrogens is 206 g/mol. The van der Waals surface area contributed by atoms with Gasteiger partial charge in [-0.1, -0.05) is 6.07 Å². The highest BCUT2D eigenvalue weighted by molar-refractivity contribution is 7.98. The molecule has 0 aliphatic carbocycles. The minimum Gasteiger partial charge on any atom is -0.384 e. The van der Waals surface area contributed by atoms with Gasteiger partial charge in [0.2, 0.25) is 0 Å². The molecule has 0 fully saturated rings. The van der Waals surface area contributed by atoms with Gasteiger partial charge < -0.3 is 5.73 Å². The Morgan fingerprint density at radius 1 is 1.13 bits per heavy atom. The predicted octanol–water partition coefficient (Wildman–Crippen LogP) is 2.35. The average Bonchev–Trinajstić information content (AvgIpc) is 2.30. The zero-order valence-electron chi connectivity index (χ0n) is 8.13. The molecule has 0 saturated heterocycles. The monoisotopic (exact) mass is 217 g/mol. The lowest BCUT2D eigenvalue weighted by Crippen LogP contribution is -1.90. The minimum absolute atomic E-state index is 0.563. The van der Waals surface area contributed by atoms with Crippen molar-refractivity contribution < 1.29 is 0 Å². The van der Waals surface area contributed by atoms with Gasteiger partial charge in [0.05, 0.1) is 0 Å². The summed E-state index contributed by atoms with van der Waals surface area (Å²) >= 11 is 1.76. The molecule has 0 radical (unpaired) electrons. The first-order chi connectivity index (χ1) is 7.34. The van der Waals surface area contributed by atoms with E-state index in [-0.39, 0.29) is 0 Å². The highest BCUT2D eigenvalue weighted by Gasteiger charge is 1.96. The van der Waals surface area contributed by atoms with E-state index in [0.717, 1.165) is 5.75 Å². The van der Waals surface area contributed by atoms with E-state index in [0.29, 0.717) is 5.82 Å². The molecule has 76 valence electrons. The summed E-state index contributed by atoms with van der Waals surface area (Å²) in [5.74, 6) is 1.46. The third kappa shape index (κ3) is 2.95. The summed E-state index contributed by atoms with van der Waals surface area (Å²) in [6.45, 7) is 0. The van der Waals surface area contributed by atoms with Crippen LogP contribution in [-0.4, -0.2) is 9.97 Å². The van der Waals surface area contributed by atoms with E-state index in [1.54, 1.807) is 24.2 Å². The van der Waals surface area contributed by atoms with Crippen LogP contribution in [0, 0.1) is 0 Å². The van der Waals surface area contributed by atoms with Crippen molar-refractivity contribution in [1.29, 1.82) is 0 Å². The lowest BCUT2D eigenvalue weighted by Gasteiger charge is -2.01. The molecule has 0 unspecified atom stereocenters. The maximum Gasteiger partial charge on any atom is 0.123 e. The van der Waals surface area contributed by atoms with Crippen LogP contribution in [-0.2, 0) is 5.75 Å². The van der Waals surface area contributed by atoms with Crippen LogP contribution in [0.1, 0.15) is 5.56 Å². The Kier molecular flexibility index (Phi) is 3.19. The Morgan fingerprint density at radius 3 is 2.60 bits per heavy atom. The van der Waals surface area contributed by atoms with E-state index >= 15 is 0 Å². The fraction of sp³-hybridized carbons (Fsp3) is 0.0909. The number of pyridine rings is 2. The number of nitrogens with zero attached hydrogens (tertiary/aromatic N) is 2. The summed E-state index contributed by atoms with van der Waals surface area (Å²) < 4.78 is 0. The fourth-order valence-electron chi connectivity index (χ4n) is 1.12. The van der Waals surface area contributed by atoms with Crippen molar-refractivity contribution in [3.8, 4) is 0 Å². The van der Waals surface area contributed by atoms with Crippen molar-refractivity contribution in [2.75, 3.05) is 5.73 Å². The Bertz CT molecular complexity index is 414. The molecule has 3 nitrogen and oxygen atoms in total. The Labute approximate surface area is 92.8 Å². The molecule has 2 aromatic heterocycles. The molecule has 0 bridgehead atoms. The zero-order valence-corrected chi connectivity index (χ0v) is 8.95. The van der Waals surface area contributed by atoms with Crippen molar-refractivity contribution in [2.24, 2.45) is 0 Å². The van der Waals surface area contributed by atoms with Crippen LogP contribution < -0.4 is 5.73 Å². The quantitative estimate of drug-likeness (QED) is 0.802. The van der Waals surface area contributed by atoms with E-state index in [9.17, 15) is 0 Å². The molecule has 4 heteroatoms. The number of hydrogen-bond donors (Lipinski definition) is 1. The molecule has 2 N–H and O–H groups in total. The van der Waals surface area contributed by atoms with Gasteiger partial charge in [0.25, 0.3) is 0 Å². The number of hydrogen-bond acceptors (Lipinski definition) is 4. The van der Waals surface area contributed by atoms with Crippen LogP contribution in [0.2, 0.25) is 0 Å². The van der Waals surface area contributed by atoms with Gasteiger partial charge in [-0.2, -0.15) is 0 Å². The van der Waals surface area contributed by atoms with Crippen LogP contribution in [0.25, 0.3) is 0 Å². The van der Waals surface area contributed by atoms with Gasteiger partial charge in [-0.15, -0.1) is 11.8 Å². The van der Waals surface area contributed by atoms with Crippen molar-refractivity contribution >= 4 is 17.6 Å². The van der Waals surface area contributed by atoms with E-state index in [2.05, 4.69) is 9.97 Å². The average molecular weight is 217 g/mol. The Hall–Kier alpha value is -1.55. The first kappa shape index (κ1) is 9.98. The first-order valence-corrected chi connectivity index (χ1v) is 5.56. The second-order valence-corrected chi connectivity index (χ2v) is 4.11. The largest absolute Gasteiger partial charge is 0.384 e. The molecule has 0 amide bonds. The number of nitrogen functional groups attached to an aromatic ring is 1. The third-order valence-electron chi connectivity index (χ3n) is 1.90. The van der Waals surface area contributed by atoms with Gasteiger partial charge in [0.1, 0.15) is 5.82 Å². The molecule has 15 heavy (non-hydrogen) atoms. The van der Waals surface area contributed by atoms with Crippen LogP contribution in [0.4, 0.5) is 5.82 Å². The predicted molar refractivity (Wildman–Crippen MR) is 62.4 cm³/mol. The van der Waals surface area contributed by atoms with Gasteiger partial charge in [0, 0.05) is 29.2 Å². The fourth-order valence-corrected chi connectivity index (χ4v) is 1.94. The number of aromatic nitrogens is 2. The van der Waals surface area contributed by atoms with E-state index < -0.39 is 0 Å². The number of thioether (sulfide) groups is 1. The topological polar surface area (TPSA) is 51.8 Å². The molecular formula is C11H11N3S. The highest BCUT2D eigenvalue weighted by atomic mass is 32.2. The molecule has 0 saturated carbocycles. The number of anilines is 1. The van der Waals surface area contributed by atoms with Gasteiger partial charge in [-0.05, 0) is 23.8 Å². The summed E-state index contributed by atoms with van der Waals surface area (Å²) in [7, 11) is 0. The summed E-state index contributed by atoms with van der Waals surface area (Å²) in [6, 6.07) is 7.81. The van der Waals surface area contributed by atoms with Crippen LogP contribution in [0.15, 0.2) is 47.8 Å². The van der Waals surface area contributed by atoms with E-state index in [1.807, 2.05) is 30.5 Å². The highest BCUT2D eigenvalue weighted by Crippen LogP contribution is 2.21. The molecule has 0 aromatic carbocycles. The van der Waals surface area contributed by atoms with Crippen molar-refractivity contribution in [1.82, 2.24) is 9.97 Å². The van der Waals surface area contributed by atoms with E-state index in [4.69, 9.17) is 5.73 Å². The molecule has 2 aromatic rings. The van der Waals surface area contributed by atoms with Gasteiger partial charge >= 0.3 is 0 Å². The maximum atomic E-state index is 5.51. The molecule has 0 aliphatic heterocycles. The van der Waals surface area contributed by atoms with Crippen molar-refractivity contribution in [3.63, 3.8) is 0 Å². The molecule has 0 atom stereocenters. The normalized spacial score (nSPS) is 10.1. The maximum absolute atomic E-state index is 5.51. The molecule has 0 aliphatic rings. The van der Waals surface area contributed by atoms with Crippen LogP contribution in [0.3, 0.4) is 0 Å². The molecule has 2 rings (SSSR count). The summed E-state index contributed by atoms with van der Waals surface area (Å²) in [6.07, 6.45) is 5.40. The molecule has 2 heterocycles. The smallest absolute Gasteiger partial charge is 0.123 e. The zero-order chi connectivity index (χ0) is 10.5. The minimum atomic E-state index is 0.563. The summed E-state index contributed by atoms with van der Waals surface area (Å²) in [5.41, 5.74) is 6.68. The SMILES string of the molecule is Nc1ccc(CSc2ccncc2)cn1.